The van der Waals surface area contributed by atoms with Crippen molar-refractivity contribution in [3.8, 4) is 0 Å². The van der Waals surface area contributed by atoms with Crippen molar-refractivity contribution in [2.45, 2.75) is 127 Å². The molecule has 310 valence electrons. The fourth-order valence-corrected chi connectivity index (χ4v) is 9.83. The number of carbonyl (C=O) groups excluding carboxylic acids is 1. The van der Waals surface area contributed by atoms with Crippen LogP contribution in [-0.2, 0) is 51.2 Å². The van der Waals surface area contributed by atoms with Crippen LogP contribution in [0.25, 0.3) is 0 Å². The largest absolute Gasteiger partial charge is 0.414 e. The Kier molecular flexibility index (Phi) is 15.9. The van der Waals surface area contributed by atoms with E-state index in [1.165, 1.54) is 0 Å². The van der Waals surface area contributed by atoms with Gasteiger partial charge in [-0.15, -0.1) is 6.58 Å². The topological polar surface area (TPSA) is 97.4 Å². The maximum absolute atomic E-state index is 14.2. The van der Waals surface area contributed by atoms with Crippen LogP contribution in [0.5, 0.6) is 0 Å². The molecule has 2 aliphatic rings. The minimum Gasteiger partial charge on any atom is -0.414 e. The molecule has 0 unspecified atom stereocenters. The highest BCUT2D eigenvalue weighted by molar-refractivity contribution is 7.91. The van der Waals surface area contributed by atoms with E-state index in [2.05, 4.69) is 40.4 Å². The van der Waals surface area contributed by atoms with E-state index < -0.39 is 48.5 Å². The number of sulfone groups is 1. The van der Waals surface area contributed by atoms with E-state index in [4.69, 9.17) is 23.4 Å². The van der Waals surface area contributed by atoms with Gasteiger partial charge in [-0.2, -0.15) is 0 Å². The van der Waals surface area contributed by atoms with E-state index >= 15 is 0 Å². The molecule has 0 amide bonds. The second-order valence-corrected chi connectivity index (χ2v) is 24.2. The lowest BCUT2D eigenvalue weighted by molar-refractivity contribution is -0.214. The van der Waals surface area contributed by atoms with Crippen LogP contribution in [0.3, 0.4) is 0 Å². The van der Waals surface area contributed by atoms with Gasteiger partial charge >= 0.3 is 0 Å². The Bertz CT molecular complexity index is 1840. The number of hydrogen-bond acceptors (Lipinski definition) is 8. The van der Waals surface area contributed by atoms with Crippen LogP contribution < -0.4 is 0 Å². The summed E-state index contributed by atoms with van der Waals surface area (Å²) < 4.78 is 60.9. The van der Waals surface area contributed by atoms with E-state index in [0.29, 0.717) is 32.7 Å². The van der Waals surface area contributed by atoms with Crippen LogP contribution in [0, 0.1) is 17.8 Å². The van der Waals surface area contributed by atoms with Gasteiger partial charge in [0.25, 0.3) is 0 Å². The zero-order chi connectivity index (χ0) is 41.2. The molecule has 0 saturated carbocycles. The number of ketones is 1. The molecule has 9 atom stereocenters. The molecule has 3 aromatic rings. The smallest absolute Gasteiger partial charge is 0.192 e. The molecular weight excluding hydrogens is 753 g/mol. The maximum atomic E-state index is 14.2. The molecule has 2 heterocycles. The van der Waals surface area contributed by atoms with Gasteiger partial charge in [0, 0.05) is 24.7 Å². The number of carbonyl (C=O) groups is 1. The number of benzene rings is 3. The summed E-state index contributed by atoms with van der Waals surface area (Å²) in [5.41, 5.74) is 2.09. The zero-order valence-electron chi connectivity index (χ0n) is 34.9. The average Bonchev–Trinajstić information content (AvgIpc) is 3.36. The van der Waals surface area contributed by atoms with Gasteiger partial charge in [0.2, 0.25) is 0 Å². The Morgan fingerprint density at radius 1 is 0.895 bits per heavy atom. The van der Waals surface area contributed by atoms with Crippen molar-refractivity contribution in [1.82, 2.24) is 0 Å². The highest BCUT2D eigenvalue weighted by atomic mass is 32.2. The minimum absolute atomic E-state index is 0.0161. The third kappa shape index (κ3) is 12.4. The van der Waals surface area contributed by atoms with E-state index in [9.17, 15) is 13.2 Å². The highest BCUT2D eigenvalue weighted by Crippen LogP contribution is 2.39. The zero-order valence-corrected chi connectivity index (χ0v) is 36.7. The second kappa shape index (κ2) is 20.2. The third-order valence-corrected chi connectivity index (χ3v) is 18.4. The summed E-state index contributed by atoms with van der Waals surface area (Å²) in [4.78, 5) is 14.5. The molecule has 5 rings (SSSR count). The van der Waals surface area contributed by atoms with Gasteiger partial charge < -0.3 is 23.4 Å². The molecule has 0 bridgehead atoms. The normalized spacial score (nSPS) is 24.5. The van der Waals surface area contributed by atoms with Crippen LogP contribution in [0.2, 0.25) is 18.1 Å². The first-order chi connectivity index (χ1) is 27.1. The van der Waals surface area contributed by atoms with Gasteiger partial charge in [0.05, 0.1) is 67.1 Å². The molecule has 0 spiro atoms. The summed E-state index contributed by atoms with van der Waals surface area (Å²) >= 11 is 0. The predicted octanol–water partition coefficient (Wildman–Crippen LogP) is 9.56. The van der Waals surface area contributed by atoms with E-state index in [1.807, 2.05) is 98.8 Å². The van der Waals surface area contributed by atoms with Crippen molar-refractivity contribution in [3.63, 3.8) is 0 Å². The van der Waals surface area contributed by atoms with Crippen LogP contribution in [-0.4, -0.2) is 71.5 Å². The Labute approximate surface area is 343 Å². The number of rotatable bonds is 19. The highest BCUT2D eigenvalue weighted by Gasteiger charge is 2.46. The minimum atomic E-state index is -3.66. The summed E-state index contributed by atoms with van der Waals surface area (Å²) in [6.45, 7) is 20.1. The quantitative estimate of drug-likeness (QED) is 0.0873. The lowest BCUT2D eigenvalue weighted by Crippen LogP contribution is -2.53. The number of fused-ring (bicyclic) bond motifs is 1. The van der Waals surface area contributed by atoms with Crippen molar-refractivity contribution in [3.05, 3.63) is 127 Å². The van der Waals surface area contributed by atoms with E-state index in [-0.39, 0.29) is 51.9 Å². The van der Waals surface area contributed by atoms with Crippen LogP contribution in [0.1, 0.15) is 65.0 Å². The van der Waals surface area contributed by atoms with Gasteiger partial charge in [-0.1, -0.05) is 132 Å². The fourth-order valence-electron chi connectivity index (χ4n) is 7.22. The molecule has 57 heavy (non-hydrogen) atoms. The fraction of sp³-hybridized carbons (Fsp3) is 0.511. The Morgan fingerprint density at radius 3 is 2.09 bits per heavy atom. The first-order valence-corrected chi connectivity index (χ1v) is 25.0. The Hall–Kier alpha value is -3.22. The average molecular weight is 817 g/mol. The van der Waals surface area contributed by atoms with E-state index in [0.717, 1.165) is 11.1 Å². The molecule has 10 heteroatoms. The summed E-state index contributed by atoms with van der Waals surface area (Å²) in [6.07, 6.45) is 4.41. The third-order valence-electron chi connectivity index (χ3n) is 12.1. The molecule has 0 aromatic heterocycles. The number of hydrogen-bond donors (Lipinski definition) is 0. The number of Topliss-reactive ketones (excluding diaryl/α,β-unsaturated/α-hetero) is 1. The second-order valence-electron chi connectivity index (χ2n) is 17.3. The van der Waals surface area contributed by atoms with Crippen molar-refractivity contribution in [2.24, 2.45) is 17.8 Å². The molecular formula is C47H64O8SSi. The summed E-state index contributed by atoms with van der Waals surface area (Å²) in [5.74, 6) is -1.19. The molecule has 0 aliphatic carbocycles. The molecule has 8 nitrogen and oxygen atoms in total. The van der Waals surface area contributed by atoms with Crippen molar-refractivity contribution in [2.75, 3.05) is 12.4 Å². The van der Waals surface area contributed by atoms with Gasteiger partial charge in [-0.05, 0) is 53.7 Å². The molecule has 0 N–H and O–H groups in total. The van der Waals surface area contributed by atoms with Gasteiger partial charge in [-0.3, -0.25) is 4.79 Å². The lowest BCUT2D eigenvalue weighted by Gasteiger charge is -2.43. The summed E-state index contributed by atoms with van der Waals surface area (Å²) in [7, 11) is -5.77. The van der Waals surface area contributed by atoms with Gasteiger partial charge in [0.1, 0.15) is 5.78 Å². The summed E-state index contributed by atoms with van der Waals surface area (Å²) in [6, 6.07) is 28.5. The Morgan fingerprint density at radius 2 is 1.49 bits per heavy atom. The SMILES string of the molecule is C=CC[C@@H]1O[C@@H]2[C@@H](CS(=O)(=O)c3ccccc3)C=C[C@@H]([C@@H](C)[C@H](C)C(=O)C[C@@H](CO[Si](C)(C)C(C)(C)C)OCc3ccccc3)O[C@H]2C[C@H]1OCc1ccccc1. The first-order valence-electron chi connectivity index (χ1n) is 20.4. The molecule has 3 aromatic carbocycles. The van der Waals surface area contributed by atoms with Gasteiger partial charge in [-0.25, -0.2) is 8.42 Å². The van der Waals surface area contributed by atoms with Crippen molar-refractivity contribution in [1.29, 1.82) is 0 Å². The molecule has 2 aliphatic heterocycles. The van der Waals surface area contributed by atoms with Crippen LogP contribution >= 0.6 is 0 Å². The molecule has 1 saturated heterocycles. The number of ether oxygens (including phenoxy) is 4. The maximum Gasteiger partial charge on any atom is 0.192 e. The van der Waals surface area contributed by atoms with Crippen LogP contribution in [0.15, 0.2) is 121 Å². The van der Waals surface area contributed by atoms with Crippen LogP contribution in [0.4, 0.5) is 0 Å². The first kappa shape index (κ1) is 44.9. The molecule has 0 radical (unpaired) electrons. The van der Waals surface area contributed by atoms with Gasteiger partial charge in [0.15, 0.2) is 18.2 Å². The summed E-state index contributed by atoms with van der Waals surface area (Å²) in [5, 5.41) is 0.0161. The van der Waals surface area contributed by atoms with E-state index in [1.54, 1.807) is 24.3 Å². The standard InChI is InChI=1S/C47H64O8SSi/c1-9-19-43-44(52-31-37-22-15-11-16-23-37)29-45-46(55-43)38(33-56(49,50)40-24-17-12-18-25-40)26-27-42(54-45)35(3)34(2)41(48)28-39(32-53-57(7,8)47(4,5)6)51-30-36-20-13-10-14-21-36/h9-18,20-27,34-35,38-39,42-46H,1,19,28-33H2,2-8H3/t34-,35-,38+,39-,42-,43-,44+,45-,46+/m0/s1. The predicted molar refractivity (Wildman–Crippen MR) is 229 cm³/mol. The lowest BCUT2D eigenvalue weighted by atomic mass is 9.85. The molecule has 1 fully saturated rings. The Balaban J connectivity index is 1.36. The monoisotopic (exact) mass is 816 g/mol. The van der Waals surface area contributed by atoms with Crippen molar-refractivity contribution >= 4 is 23.9 Å². The van der Waals surface area contributed by atoms with Crippen molar-refractivity contribution < 1.29 is 36.6 Å².